The van der Waals surface area contributed by atoms with Crippen LogP contribution in [-0.2, 0) is 16.4 Å². The highest BCUT2D eigenvalue weighted by atomic mass is 32.2. The molecule has 2 heterocycles. The molecule has 1 aromatic heterocycles. The predicted octanol–water partition coefficient (Wildman–Crippen LogP) is 3.07. The molecule has 0 amide bonds. The average molecular weight is 320 g/mol. The van der Waals surface area contributed by atoms with Gasteiger partial charge < -0.3 is 4.52 Å². The summed E-state index contributed by atoms with van der Waals surface area (Å²) in [5.41, 5.74) is 1.62. The van der Waals surface area contributed by atoms with Gasteiger partial charge in [0, 0.05) is 12.6 Å². The van der Waals surface area contributed by atoms with Gasteiger partial charge in [0.05, 0.1) is 16.6 Å². The lowest BCUT2D eigenvalue weighted by atomic mass is 10.2. The van der Waals surface area contributed by atoms with Crippen molar-refractivity contribution in [3.8, 4) is 0 Å². The summed E-state index contributed by atoms with van der Waals surface area (Å²) in [6.45, 7) is 4.33. The molecule has 3 rings (SSSR count). The van der Waals surface area contributed by atoms with Crippen LogP contribution in [0.15, 0.2) is 39.8 Å². The van der Waals surface area contributed by atoms with Gasteiger partial charge in [-0.3, -0.25) is 0 Å². The zero-order valence-corrected chi connectivity index (χ0v) is 13.6. The van der Waals surface area contributed by atoms with Crippen LogP contribution in [0.25, 0.3) is 0 Å². The molecule has 0 aliphatic carbocycles. The van der Waals surface area contributed by atoms with E-state index in [0.717, 1.165) is 24.1 Å². The van der Waals surface area contributed by atoms with Crippen molar-refractivity contribution in [3.63, 3.8) is 0 Å². The van der Waals surface area contributed by atoms with Crippen LogP contribution in [0.4, 0.5) is 0 Å². The Balaban J connectivity index is 2.01. The first-order chi connectivity index (χ1) is 10.5. The highest BCUT2D eigenvalue weighted by molar-refractivity contribution is 7.89. The third kappa shape index (κ3) is 2.57. The second kappa shape index (κ2) is 5.85. The number of aromatic nitrogens is 1. The lowest BCUT2D eigenvalue weighted by Gasteiger charge is -2.23. The second-order valence-corrected chi connectivity index (χ2v) is 7.46. The molecular formula is C16H20N2O3S. The Morgan fingerprint density at radius 3 is 2.82 bits per heavy atom. The van der Waals surface area contributed by atoms with Gasteiger partial charge in [0.2, 0.25) is 10.0 Å². The minimum absolute atomic E-state index is 0.254. The molecule has 1 fully saturated rings. The molecule has 1 aliphatic heterocycles. The van der Waals surface area contributed by atoms with E-state index in [1.165, 1.54) is 0 Å². The number of benzene rings is 1. The van der Waals surface area contributed by atoms with E-state index in [0.29, 0.717) is 23.6 Å². The zero-order chi connectivity index (χ0) is 15.7. The van der Waals surface area contributed by atoms with Crippen LogP contribution in [0.2, 0.25) is 0 Å². The molecule has 1 aliphatic rings. The van der Waals surface area contributed by atoms with Crippen LogP contribution >= 0.6 is 0 Å². The second-order valence-electron chi connectivity index (χ2n) is 5.61. The molecule has 118 valence electrons. The summed E-state index contributed by atoms with van der Waals surface area (Å²) in [5.74, 6) is 0.632. The summed E-state index contributed by atoms with van der Waals surface area (Å²) in [4.78, 5) is 0.403. The van der Waals surface area contributed by atoms with Crippen LogP contribution in [0.1, 0.15) is 42.8 Å². The van der Waals surface area contributed by atoms with Crippen LogP contribution < -0.4 is 0 Å². The molecular weight excluding hydrogens is 300 g/mol. The highest BCUT2D eigenvalue weighted by Gasteiger charge is 2.38. The summed E-state index contributed by atoms with van der Waals surface area (Å²) in [7, 11) is -3.52. The molecule has 0 bridgehead atoms. The Bertz CT molecular complexity index is 767. The van der Waals surface area contributed by atoms with E-state index in [-0.39, 0.29) is 6.04 Å². The maximum atomic E-state index is 13.1. The fourth-order valence-corrected chi connectivity index (χ4v) is 4.99. The highest BCUT2D eigenvalue weighted by Crippen LogP contribution is 2.37. The fourth-order valence-electron chi connectivity index (χ4n) is 3.03. The third-order valence-electron chi connectivity index (χ3n) is 4.12. The SMILES string of the molecule is CCc1ccccc1S(=O)(=O)N1CCCC1c1cc(C)no1. The van der Waals surface area contributed by atoms with Gasteiger partial charge in [-0.1, -0.05) is 30.3 Å². The quantitative estimate of drug-likeness (QED) is 0.868. The molecule has 1 unspecified atom stereocenters. The molecule has 22 heavy (non-hydrogen) atoms. The Kier molecular flexibility index (Phi) is 4.06. The van der Waals surface area contributed by atoms with Crippen molar-refractivity contribution in [3.05, 3.63) is 47.3 Å². The summed E-state index contributed by atoms with van der Waals surface area (Å²) in [6.07, 6.45) is 2.29. The molecule has 0 spiro atoms. The van der Waals surface area contributed by atoms with Crippen molar-refractivity contribution in [1.82, 2.24) is 9.46 Å². The molecule has 2 aromatic rings. The molecule has 1 atom stereocenters. The van der Waals surface area contributed by atoms with Gasteiger partial charge in [0.1, 0.15) is 0 Å². The first kappa shape index (κ1) is 15.2. The summed E-state index contributed by atoms with van der Waals surface area (Å²) < 4.78 is 33.0. The lowest BCUT2D eigenvalue weighted by molar-refractivity contribution is 0.297. The number of aryl methyl sites for hydroxylation is 2. The number of sulfonamides is 1. The summed E-state index contributed by atoms with van der Waals surface area (Å²) in [5, 5.41) is 3.89. The van der Waals surface area contributed by atoms with Crippen LogP contribution in [0.3, 0.4) is 0 Å². The van der Waals surface area contributed by atoms with Crippen molar-refractivity contribution in [2.45, 2.75) is 44.0 Å². The maximum absolute atomic E-state index is 13.1. The van der Waals surface area contributed by atoms with E-state index < -0.39 is 10.0 Å². The van der Waals surface area contributed by atoms with E-state index >= 15 is 0 Å². The number of hydrogen-bond acceptors (Lipinski definition) is 4. The third-order valence-corrected chi connectivity index (χ3v) is 6.13. The predicted molar refractivity (Wildman–Crippen MR) is 82.9 cm³/mol. The van der Waals surface area contributed by atoms with Gasteiger partial charge >= 0.3 is 0 Å². The summed E-state index contributed by atoms with van der Waals surface area (Å²) in [6, 6.07) is 8.78. The van der Waals surface area contributed by atoms with Crippen LogP contribution in [0.5, 0.6) is 0 Å². The van der Waals surface area contributed by atoms with Gasteiger partial charge in [-0.15, -0.1) is 0 Å². The lowest BCUT2D eigenvalue weighted by Crippen LogP contribution is -2.31. The van der Waals surface area contributed by atoms with Crippen molar-refractivity contribution < 1.29 is 12.9 Å². The molecule has 0 radical (unpaired) electrons. The van der Waals surface area contributed by atoms with Crippen molar-refractivity contribution in [2.75, 3.05) is 6.54 Å². The topological polar surface area (TPSA) is 63.4 Å². The normalized spacial score (nSPS) is 19.6. The maximum Gasteiger partial charge on any atom is 0.244 e. The minimum Gasteiger partial charge on any atom is -0.359 e. The monoisotopic (exact) mass is 320 g/mol. The van der Waals surface area contributed by atoms with Gasteiger partial charge in [-0.05, 0) is 37.8 Å². The molecule has 1 saturated heterocycles. The van der Waals surface area contributed by atoms with Gasteiger partial charge in [-0.25, -0.2) is 8.42 Å². The Morgan fingerprint density at radius 2 is 2.14 bits per heavy atom. The average Bonchev–Trinajstić information content (AvgIpc) is 3.15. The molecule has 0 saturated carbocycles. The fraction of sp³-hybridized carbons (Fsp3) is 0.438. The van der Waals surface area contributed by atoms with Gasteiger partial charge in [-0.2, -0.15) is 4.31 Å². The van der Waals surface area contributed by atoms with E-state index in [1.807, 2.05) is 32.0 Å². The van der Waals surface area contributed by atoms with Crippen molar-refractivity contribution in [1.29, 1.82) is 0 Å². The zero-order valence-electron chi connectivity index (χ0n) is 12.8. The first-order valence-corrected chi connectivity index (χ1v) is 9.01. The molecule has 5 nitrogen and oxygen atoms in total. The molecule has 0 N–H and O–H groups in total. The molecule has 6 heteroatoms. The smallest absolute Gasteiger partial charge is 0.244 e. The number of nitrogens with zero attached hydrogens (tertiary/aromatic N) is 2. The Labute approximate surface area is 131 Å². The summed E-state index contributed by atoms with van der Waals surface area (Å²) >= 11 is 0. The number of hydrogen-bond donors (Lipinski definition) is 0. The van der Waals surface area contributed by atoms with E-state index in [4.69, 9.17) is 4.52 Å². The Hall–Kier alpha value is -1.66. The van der Waals surface area contributed by atoms with E-state index in [9.17, 15) is 8.42 Å². The standard InChI is InChI=1S/C16H20N2O3S/c1-3-13-7-4-5-9-16(13)22(19,20)18-10-6-8-14(18)15-11-12(2)17-21-15/h4-5,7,9,11,14H,3,6,8,10H2,1-2H3. The van der Waals surface area contributed by atoms with Crippen LogP contribution in [0, 0.1) is 6.92 Å². The van der Waals surface area contributed by atoms with E-state index in [2.05, 4.69) is 5.16 Å². The van der Waals surface area contributed by atoms with Gasteiger partial charge in [0.15, 0.2) is 5.76 Å². The number of rotatable bonds is 4. The largest absolute Gasteiger partial charge is 0.359 e. The van der Waals surface area contributed by atoms with Crippen molar-refractivity contribution in [2.24, 2.45) is 0 Å². The van der Waals surface area contributed by atoms with Crippen LogP contribution in [-0.4, -0.2) is 24.4 Å². The van der Waals surface area contributed by atoms with E-state index in [1.54, 1.807) is 16.4 Å². The van der Waals surface area contributed by atoms with Gasteiger partial charge in [0.25, 0.3) is 0 Å². The first-order valence-electron chi connectivity index (χ1n) is 7.57. The van der Waals surface area contributed by atoms with Crippen molar-refractivity contribution >= 4 is 10.0 Å². The molecule has 1 aromatic carbocycles. The minimum atomic E-state index is -3.52. The Morgan fingerprint density at radius 1 is 1.36 bits per heavy atom.